The highest BCUT2D eigenvalue weighted by atomic mass is 16.3. The molecule has 0 saturated carbocycles. The molecule has 0 spiro atoms. The Kier molecular flexibility index (Phi) is 3.84. The molecule has 0 radical (unpaired) electrons. The third kappa shape index (κ3) is 2.76. The second-order valence-electron chi connectivity index (χ2n) is 3.77. The van der Waals surface area contributed by atoms with Crippen LogP contribution in [0.3, 0.4) is 0 Å². The standard InChI is InChI=1S/C9H18N2O2/c1-11-4-2-7(3-5-11)9(13)8(10)6-12/h7-8,12H,2-6,10H2,1H3. The van der Waals surface area contributed by atoms with E-state index in [0.29, 0.717) is 0 Å². The van der Waals surface area contributed by atoms with Gasteiger partial charge in [-0.15, -0.1) is 0 Å². The van der Waals surface area contributed by atoms with Crippen molar-refractivity contribution < 1.29 is 9.90 Å². The molecule has 1 fully saturated rings. The van der Waals surface area contributed by atoms with Gasteiger partial charge in [-0.05, 0) is 33.0 Å². The molecule has 0 aromatic heterocycles. The van der Waals surface area contributed by atoms with E-state index in [-0.39, 0.29) is 18.3 Å². The molecule has 3 N–H and O–H groups in total. The van der Waals surface area contributed by atoms with Gasteiger partial charge in [0.2, 0.25) is 0 Å². The molecule has 0 aromatic carbocycles. The SMILES string of the molecule is CN1CCC(C(=O)C(N)CO)CC1. The lowest BCUT2D eigenvalue weighted by Crippen LogP contribution is -2.42. The number of aliphatic hydroxyl groups is 1. The van der Waals surface area contributed by atoms with Gasteiger partial charge in [-0.2, -0.15) is 0 Å². The molecule has 1 saturated heterocycles. The van der Waals surface area contributed by atoms with Crippen molar-refractivity contribution in [2.75, 3.05) is 26.7 Å². The monoisotopic (exact) mass is 186 g/mol. The van der Waals surface area contributed by atoms with Crippen molar-refractivity contribution in [1.29, 1.82) is 0 Å². The van der Waals surface area contributed by atoms with Gasteiger partial charge in [0.15, 0.2) is 5.78 Å². The van der Waals surface area contributed by atoms with Gasteiger partial charge in [-0.1, -0.05) is 0 Å². The number of nitrogens with two attached hydrogens (primary N) is 1. The minimum Gasteiger partial charge on any atom is -0.394 e. The summed E-state index contributed by atoms with van der Waals surface area (Å²) in [5, 5.41) is 8.73. The number of aliphatic hydroxyl groups excluding tert-OH is 1. The third-order valence-electron chi connectivity index (χ3n) is 2.68. The van der Waals surface area contributed by atoms with E-state index in [9.17, 15) is 4.79 Å². The average Bonchev–Trinajstić information content (AvgIpc) is 2.17. The Hall–Kier alpha value is -0.450. The number of ketones is 1. The van der Waals surface area contributed by atoms with Crippen LogP contribution in [0.4, 0.5) is 0 Å². The maximum atomic E-state index is 11.5. The Morgan fingerprint density at radius 1 is 1.62 bits per heavy atom. The number of Topliss-reactive ketones (excluding diaryl/α,β-unsaturated/α-hetero) is 1. The molecule has 1 heterocycles. The van der Waals surface area contributed by atoms with Crippen LogP contribution < -0.4 is 5.73 Å². The predicted molar refractivity (Wildman–Crippen MR) is 50.3 cm³/mol. The predicted octanol–water partition coefficient (Wildman–Crippen LogP) is -0.783. The van der Waals surface area contributed by atoms with E-state index in [1.54, 1.807) is 0 Å². The number of hydrogen-bond donors (Lipinski definition) is 2. The van der Waals surface area contributed by atoms with Crippen LogP contribution >= 0.6 is 0 Å². The highest BCUT2D eigenvalue weighted by Gasteiger charge is 2.26. The minimum absolute atomic E-state index is 0.0237. The van der Waals surface area contributed by atoms with E-state index in [4.69, 9.17) is 10.8 Å². The van der Waals surface area contributed by atoms with Crippen LogP contribution in [0.15, 0.2) is 0 Å². The molecule has 0 aliphatic carbocycles. The third-order valence-corrected chi connectivity index (χ3v) is 2.68. The first-order valence-electron chi connectivity index (χ1n) is 4.74. The fourth-order valence-electron chi connectivity index (χ4n) is 1.69. The van der Waals surface area contributed by atoms with E-state index < -0.39 is 6.04 Å². The Bertz CT molecular complexity index is 176. The van der Waals surface area contributed by atoms with Gasteiger partial charge in [-0.3, -0.25) is 4.79 Å². The summed E-state index contributed by atoms with van der Waals surface area (Å²) >= 11 is 0. The van der Waals surface area contributed by atoms with Crippen molar-refractivity contribution in [3.8, 4) is 0 Å². The molecule has 76 valence electrons. The number of nitrogens with zero attached hydrogens (tertiary/aromatic N) is 1. The van der Waals surface area contributed by atoms with Gasteiger partial charge < -0.3 is 15.7 Å². The Morgan fingerprint density at radius 3 is 2.62 bits per heavy atom. The molecular formula is C9H18N2O2. The highest BCUT2D eigenvalue weighted by molar-refractivity contribution is 5.86. The number of rotatable bonds is 3. The van der Waals surface area contributed by atoms with Gasteiger partial charge in [0.1, 0.15) is 0 Å². The van der Waals surface area contributed by atoms with E-state index in [1.165, 1.54) is 0 Å². The van der Waals surface area contributed by atoms with Gasteiger partial charge in [0.05, 0.1) is 12.6 Å². The Morgan fingerprint density at radius 2 is 2.15 bits per heavy atom. The largest absolute Gasteiger partial charge is 0.394 e. The van der Waals surface area contributed by atoms with Crippen LogP contribution in [0.25, 0.3) is 0 Å². The quantitative estimate of drug-likeness (QED) is 0.606. The van der Waals surface area contributed by atoms with Crippen molar-refractivity contribution in [3.63, 3.8) is 0 Å². The first kappa shape index (κ1) is 10.6. The zero-order valence-corrected chi connectivity index (χ0v) is 8.07. The van der Waals surface area contributed by atoms with Crippen LogP contribution in [-0.4, -0.2) is 48.6 Å². The highest BCUT2D eigenvalue weighted by Crippen LogP contribution is 2.17. The summed E-state index contributed by atoms with van der Waals surface area (Å²) in [5.41, 5.74) is 5.47. The molecule has 0 amide bonds. The van der Waals surface area contributed by atoms with E-state index in [1.807, 2.05) is 7.05 Å². The van der Waals surface area contributed by atoms with Crippen LogP contribution in [0, 0.1) is 5.92 Å². The lowest BCUT2D eigenvalue weighted by Gasteiger charge is -2.29. The first-order chi connectivity index (χ1) is 6.15. The van der Waals surface area contributed by atoms with Crippen molar-refractivity contribution >= 4 is 5.78 Å². The van der Waals surface area contributed by atoms with E-state index in [2.05, 4.69) is 4.90 Å². The number of hydrogen-bond acceptors (Lipinski definition) is 4. The summed E-state index contributed by atoms with van der Waals surface area (Å²) < 4.78 is 0. The van der Waals surface area contributed by atoms with Gasteiger partial charge in [0.25, 0.3) is 0 Å². The second-order valence-corrected chi connectivity index (χ2v) is 3.77. The van der Waals surface area contributed by atoms with Crippen LogP contribution in [0.1, 0.15) is 12.8 Å². The zero-order valence-electron chi connectivity index (χ0n) is 8.07. The van der Waals surface area contributed by atoms with Crippen LogP contribution in [-0.2, 0) is 4.79 Å². The van der Waals surface area contributed by atoms with E-state index >= 15 is 0 Å². The maximum Gasteiger partial charge on any atom is 0.155 e. The fraction of sp³-hybridized carbons (Fsp3) is 0.889. The summed E-state index contributed by atoms with van der Waals surface area (Å²) in [6, 6.07) is -0.673. The molecule has 13 heavy (non-hydrogen) atoms. The Labute approximate surface area is 78.7 Å². The van der Waals surface area contributed by atoms with Gasteiger partial charge in [0, 0.05) is 5.92 Å². The number of piperidine rings is 1. The minimum atomic E-state index is -0.673. The first-order valence-corrected chi connectivity index (χ1v) is 4.74. The second kappa shape index (κ2) is 4.69. The zero-order chi connectivity index (χ0) is 9.84. The number of likely N-dealkylation sites (tertiary alicyclic amines) is 1. The summed E-state index contributed by atoms with van der Waals surface area (Å²) in [7, 11) is 2.05. The normalized spacial score (nSPS) is 23.0. The summed E-state index contributed by atoms with van der Waals surface area (Å²) in [5.74, 6) is 0.0916. The summed E-state index contributed by atoms with van der Waals surface area (Å²) in [6.07, 6.45) is 1.76. The lowest BCUT2D eigenvalue weighted by atomic mass is 9.89. The number of carbonyl (C=O) groups is 1. The molecule has 1 unspecified atom stereocenters. The molecule has 1 atom stereocenters. The van der Waals surface area contributed by atoms with Crippen LogP contribution in [0.2, 0.25) is 0 Å². The van der Waals surface area contributed by atoms with Crippen molar-refractivity contribution in [3.05, 3.63) is 0 Å². The smallest absolute Gasteiger partial charge is 0.155 e. The van der Waals surface area contributed by atoms with Gasteiger partial charge in [-0.25, -0.2) is 0 Å². The molecule has 4 nitrogen and oxygen atoms in total. The fourth-order valence-corrected chi connectivity index (χ4v) is 1.69. The molecular weight excluding hydrogens is 168 g/mol. The number of carbonyl (C=O) groups excluding carboxylic acids is 1. The molecule has 4 heteroatoms. The molecule has 0 aromatic rings. The topological polar surface area (TPSA) is 66.6 Å². The van der Waals surface area contributed by atoms with E-state index in [0.717, 1.165) is 25.9 Å². The Balaban J connectivity index is 2.40. The van der Waals surface area contributed by atoms with Gasteiger partial charge >= 0.3 is 0 Å². The van der Waals surface area contributed by atoms with Crippen molar-refractivity contribution in [1.82, 2.24) is 4.90 Å². The van der Waals surface area contributed by atoms with Crippen molar-refractivity contribution in [2.45, 2.75) is 18.9 Å². The average molecular weight is 186 g/mol. The maximum absolute atomic E-state index is 11.5. The lowest BCUT2D eigenvalue weighted by molar-refractivity contribution is -0.126. The molecule has 1 aliphatic rings. The summed E-state index contributed by atoms with van der Waals surface area (Å²) in [4.78, 5) is 13.7. The molecule has 1 rings (SSSR count). The molecule has 0 bridgehead atoms. The van der Waals surface area contributed by atoms with Crippen LogP contribution in [0.5, 0.6) is 0 Å². The molecule has 1 aliphatic heterocycles. The van der Waals surface area contributed by atoms with Crippen molar-refractivity contribution in [2.24, 2.45) is 11.7 Å². The summed E-state index contributed by atoms with van der Waals surface area (Å²) in [6.45, 7) is 1.67.